The maximum atomic E-state index is 14.6. The van der Waals surface area contributed by atoms with Gasteiger partial charge in [-0.05, 0) is 49.7 Å². The molecular formula is C23H19F4N5O. The summed E-state index contributed by atoms with van der Waals surface area (Å²) in [7, 11) is 0. The van der Waals surface area contributed by atoms with Crippen molar-refractivity contribution in [2.24, 2.45) is 0 Å². The van der Waals surface area contributed by atoms with Crippen LogP contribution in [0.25, 0.3) is 11.4 Å². The van der Waals surface area contributed by atoms with E-state index in [1.54, 1.807) is 42.9 Å². The standard InChI is InChI=1S/C23H19F4N5O/c1-14-19(13-30-32(14)18-5-3-4-17(11-18)23(25,26)27)22(33)29-12-16-6-7-21(20(24)10-16)31-9-8-28-15(31)2/h3-11,13H,12H2,1-2H3,(H,29,33). The van der Waals surface area contributed by atoms with Crippen LogP contribution in [0.5, 0.6) is 0 Å². The second-order valence-corrected chi connectivity index (χ2v) is 7.42. The van der Waals surface area contributed by atoms with Crippen molar-refractivity contribution in [3.63, 3.8) is 0 Å². The van der Waals surface area contributed by atoms with E-state index in [-0.39, 0.29) is 17.8 Å². The highest BCUT2D eigenvalue weighted by Gasteiger charge is 2.30. The van der Waals surface area contributed by atoms with E-state index >= 15 is 0 Å². The van der Waals surface area contributed by atoms with Gasteiger partial charge in [-0.1, -0.05) is 12.1 Å². The van der Waals surface area contributed by atoms with Crippen LogP contribution in [0.2, 0.25) is 0 Å². The van der Waals surface area contributed by atoms with E-state index in [1.807, 2.05) is 0 Å². The molecule has 1 N–H and O–H groups in total. The zero-order chi connectivity index (χ0) is 23.8. The number of amides is 1. The molecule has 1 amide bonds. The van der Waals surface area contributed by atoms with E-state index in [2.05, 4.69) is 15.4 Å². The van der Waals surface area contributed by atoms with Gasteiger partial charge < -0.3 is 9.88 Å². The molecule has 0 saturated heterocycles. The van der Waals surface area contributed by atoms with Crippen molar-refractivity contribution in [2.45, 2.75) is 26.6 Å². The summed E-state index contributed by atoms with van der Waals surface area (Å²) in [6.45, 7) is 3.41. The first-order chi connectivity index (χ1) is 15.6. The average molecular weight is 457 g/mol. The molecule has 0 saturated carbocycles. The molecule has 10 heteroatoms. The molecule has 2 aromatic carbocycles. The lowest BCUT2D eigenvalue weighted by Gasteiger charge is -2.11. The molecule has 0 atom stereocenters. The minimum absolute atomic E-state index is 0.0626. The van der Waals surface area contributed by atoms with E-state index in [0.717, 1.165) is 12.1 Å². The molecule has 2 heterocycles. The van der Waals surface area contributed by atoms with Crippen molar-refractivity contribution in [2.75, 3.05) is 0 Å². The molecule has 170 valence electrons. The lowest BCUT2D eigenvalue weighted by atomic mass is 10.1. The van der Waals surface area contributed by atoms with Crippen molar-refractivity contribution in [3.05, 3.63) is 95.1 Å². The van der Waals surface area contributed by atoms with E-state index in [4.69, 9.17) is 0 Å². The van der Waals surface area contributed by atoms with Crippen molar-refractivity contribution < 1.29 is 22.4 Å². The summed E-state index contributed by atoms with van der Waals surface area (Å²) < 4.78 is 56.5. The summed E-state index contributed by atoms with van der Waals surface area (Å²) >= 11 is 0. The highest BCUT2D eigenvalue weighted by molar-refractivity contribution is 5.95. The largest absolute Gasteiger partial charge is 0.416 e. The van der Waals surface area contributed by atoms with Gasteiger partial charge in [-0.25, -0.2) is 14.1 Å². The Hall–Kier alpha value is -3.95. The molecule has 0 unspecified atom stereocenters. The first-order valence-electron chi connectivity index (χ1n) is 9.94. The topological polar surface area (TPSA) is 64.7 Å². The minimum Gasteiger partial charge on any atom is -0.348 e. The average Bonchev–Trinajstić information content (AvgIpc) is 3.37. The van der Waals surface area contributed by atoms with E-state index < -0.39 is 23.5 Å². The van der Waals surface area contributed by atoms with Gasteiger partial charge in [0.15, 0.2) is 0 Å². The number of aryl methyl sites for hydroxylation is 1. The van der Waals surface area contributed by atoms with Gasteiger partial charge in [-0.3, -0.25) is 4.79 Å². The minimum atomic E-state index is -4.49. The molecule has 0 fully saturated rings. The quantitative estimate of drug-likeness (QED) is 0.440. The summed E-state index contributed by atoms with van der Waals surface area (Å²) in [5.74, 6) is -0.291. The molecule has 0 aliphatic rings. The number of halogens is 4. The number of nitrogens with zero attached hydrogens (tertiary/aromatic N) is 4. The van der Waals surface area contributed by atoms with Gasteiger partial charge in [0.1, 0.15) is 11.6 Å². The molecule has 0 spiro atoms. The van der Waals surface area contributed by atoms with Crippen LogP contribution in [0, 0.1) is 19.7 Å². The SMILES string of the molecule is Cc1nccn1-c1ccc(CNC(=O)c2cnn(-c3cccc(C(F)(F)F)c3)c2C)cc1F. The Morgan fingerprint density at radius 1 is 1.12 bits per heavy atom. The van der Waals surface area contributed by atoms with Crippen LogP contribution in [-0.4, -0.2) is 25.2 Å². The summed E-state index contributed by atoms with van der Waals surface area (Å²) in [4.78, 5) is 16.7. The van der Waals surface area contributed by atoms with Crippen LogP contribution in [0.3, 0.4) is 0 Å². The summed E-state index contributed by atoms with van der Waals surface area (Å²) in [6.07, 6.45) is 0.0277. The normalized spacial score (nSPS) is 11.6. The highest BCUT2D eigenvalue weighted by Crippen LogP contribution is 2.30. The maximum absolute atomic E-state index is 14.6. The first kappa shape index (κ1) is 22.3. The molecule has 6 nitrogen and oxygen atoms in total. The Kier molecular flexibility index (Phi) is 5.75. The Bertz CT molecular complexity index is 1320. The van der Waals surface area contributed by atoms with Crippen LogP contribution >= 0.6 is 0 Å². The Morgan fingerprint density at radius 3 is 2.58 bits per heavy atom. The fraction of sp³-hybridized carbons (Fsp3) is 0.174. The number of carbonyl (C=O) groups excluding carboxylic acids is 1. The fourth-order valence-corrected chi connectivity index (χ4v) is 3.47. The Labute approximate surface area is 186 Å². The van der Waals surface area contributed by atoms with Crippen LogP contribution in [0.1, 0.15) is 33.0 Å². The number of hydrogen-bond acceptors (Lipinski definition) is 3. The number of nitrogens with one attached hydrogen (secondary N) is 1. The predicted molar refractivity (Wildman–Crippen MR) is 113 cm³/mol. The molecule has 0 aliphatic heterocycles. The fourth-order valence-electron chi connectivity index (χ4n) is 3.47. The number of imidazole rings is 1. The number of benzene rings is 2. The van der Waals surface area contributed by atoms with Crippen LogP contribution in [-0.2, 0) is 12.7 Å². The molecule has 0 radical (unpaired) electrons. The second-order valence-electron chi connectivity index (χ2n) is 7.42. The second kappa shape index (κ2) is 8.53. The van der Waals surface area contributed by atoms with E-state index in [1.165, 1.54) is 29.1 Å². The summed E-state index contributed by atoms with van der Waals surface area (Å²) in [5.41, 5.74) is 0.858. The van der Waals surface area contributed by atoms with Gasteiger partial charge in [-0.15, -0.1) is 0 Å². The van der Waals surface area contributed by atoms with Crippen LogP contribution in [0.15, 0.2) is 61.1 Å². The van der Waals surface area contributed by atoms with E-state index in [9.17, 15) is 22.4 Å². The number of alkyl halides is 3. The summed E-state index contributed by atoms with van der Waals surface area (Å²) in [5, 5.41) is 6.76. The smallest absolute Gasteiger partial charge is 0.348 e. The Balaban J connectivity index is 1.49. The van der Waals surface area contributed by atoms with Gasteiger partial charge in [0, 0.05) is 18.9 Å². The van der Waals surface area contributed by atoms with Gasteiger partial charge in [0.05, 0.1) is 34.4 Å². The van der Waals surface area contributed by atoms with Crippen molar-refractivity contribution in [1.29, 1.82) is 0 Å². The van der Waals surface area contributed by atoms with Gasteiger partial charge in [-0.2, -0.15) is 18.3 Å². The predicted octanol–water partition coefficient (Wildman–Crippen LogP) is 4.76. The van der Waals surface area contributed by atoms with Crippen molar-refractivity contribution in [1.82, 2.24) is 24.6 Å². The number of aromatic nitrogens is 4. The lowest BCUT2D eigenvalue weighted by Crippen LogP contribution is -2.23. The molecule has 0 aliphatic carbocycles. The molecule has 4 rings (SSSR count). The number of rotatable bonds is 5. The zero-order valence-electron chi connectivity index (χ0n) is 17.7. The lowest BCUT2D eigenvalue weighted by molar-refractivity contribution is -0.137. The molecule has 2 aromatic heterocycles. The zero-order valence-corrected chi connectivity index (χ0v) is 17.7. The molecule has 0 bridgehead atoms. The third-order valence-corrected chi connectivity index (χ3v) is 5.22. The number of carbonyl (C=O) groups is 1. The van der Waals surface area contributed by atoms with Gasteiger partial charge >= 0.3 is 6.18 Å². The molecule has 33 heavy (non-hydrogen) atoms. The van der Waals surface area contributed by atoms with Gasteiger partial charge in [0.25, 0.3) is 5.91 Å². The van der Waals surface area contributed by atoms with Gasteiger partial charge in [0.2, 0.25) is 0 Å². The van der Waals surface area contributed by atoms with Crippen LogP contribution in [0.4, 0.5) is 17.6 Å². The third-order valence-electron chi connectivity index (χ3n) is 5.22. The first-order valence-corrected chi connectivity index (χ1v) is 9.94. The maximum Gasteiger partial charge on any atom is 0.416 e. The van der Waals surface area contributed by atoms with Crippen molar-refractivity contribution in [3.8, 4) is 11.4 Å². The third kappa shape index (κ3) is 4.50. The Morgan fingerprint density at radius 2 is 1.91 bits per heavy atom. The highest BCUT2D eigenvalue weighted by atomic mass is 19.4. The van der Waals surface area contributed by atoms with E-state index in [0.29, 0.717) is 22.8 Å². The van der Waals surface area contributed by atoms with Crippen molar-refractivity contribution >= 4 is 5.91 Å². The molecular weight excluding hydrogens is 438 g/mol. The molecule has 4 aromatic rings. The monoisotopic (exact) mass is 457 g/mol. The number of hydrogen-bond donors (Lipinski definition) is 1. The summed E-state index contributed by atoms with van der Waals surface area (Å²) in [6, 6.07) is 9.31. The van der Waals surface area contributed by atoms with Crippen LogP contribution < -0.4 is 5.32 Å².